The lowest BCUT2D eigenvalue weighted by molar-refractivity contribution is -0.120. The minimum Gasteiger partial charge on any atom is -0.380 e. The third kappa shape index (κ3) is 2.91. The molecule has 1 fully saturated rings. The second-order valence-electron chi connectivity index (χ2n) is 4.43. The Hall–Kier alpha value is -1.33. The molecule has 0 saturated carbocycles. The van der Waals surface area contributed by atoms with Crippen molar-refractivity contribution >= 4 is 5.78 Å². The number of halogens is 2. The molecule has 2 unspecified atom stereocenters. The summed E-state index contributed by atoms with van der Waals surface area (Å²) in [6.07, 6.45) is 0.487. The molecule has 0 aromatic heterocycles. The first-order chi connectivity index (χ1) is 8.60. The van der Waals surface area contributed by atoms with Gasteiger partial charge in [0.2, 0.25) is 0 Å². The Kier molecular flexibility index (Phi) is 4.04. The summed E-state index contributed by atoms with van der Waals surface area (Å²) < 4.78 is 31.5. The molecule has 18 heavy (non-hydrogen) atoms. The minimum atomic E-state index is -0.550. The molecule has 0 bridgehead atoms. The summed E-state index contributed by atoms with van der Waals surface area (Å²) in [5.74, 6) is -1.22. The topological polar surface area (TPSA) is 38.3 Å². The fraction of sp³-hybridized carbons (Fsp3) is 0.462. The van der Waals surface area contributed by atoms with Crippen LogP contribution in [0.2, 0.25) is 0 Å². The summed E-state index contributed by atoms with van der Waals surface area (Å²) in [5.41, 5.74) is 0.0997. The van der Waals surface area contributed by atoms with Crippen LogP contribution in [0.4, 0.5) is 8.78 Å². The van der Waals surface area contributed by atoms with Crippen molar-refractivity contribution in [3.05, 3.63) is 35.4 Å². The summed E-state index contributed by atoms with van der Waals surface area (Å²) in [6, 6.07) is 2.81. The lowest BCUT2D eigenvalue weighted by Crippen LogP contribution is -2.32. The van der Waals surface area contributed by atoms with Crippen molar-refractivity contribution < 1.29 is 18.3 Å². The van der Waals surface area contributed by atoms with Crippen molar-refractivity contribution in [2.24, 2.45) is 0 Å². The zero-order valence-corrected chi connectivity index (χ0v) is 10.1. The number of rotatable bonds is 4. The average molecular weight is 255 g/mol. The molecule has 1 aromatic carbocycles. The molecule has 0 aliphatic carbocycles. The van der Waals surface area contributed by atoms with Crippen molar-refractivity contribution in [1.29, 1.82) is 0 Å². The second kappa shape index (κ2) is 5.54. The highest BCUT2D eigenvalue weighted by molar-refractivity contribution is 5.86. The smallest absolute Gasteiger partial charge is 0.154 e. The largest absolute Gasteiger partial charge is 0.380 e. The molecule has 2 rings (SSSR count). The summed E-state index contributed by atoms with van der Waals surface area (Å²) in [7, 11) is 1.59. The normalized spacial score (nSPS) is 23.3. The van der Waals surface area contributed by atoms with E-state index in [1.807, 2.05) is 0 Å². The molecule has 1 N–H and O–H groups in total. The van der Waals surface area contributed by atoms with Crippen LogP contribution >= 0.6 is 0 Å². The van der Waals surface area contributed by atoms with Gasteiger partial charge in [0, 0.05) is 20.1 Å². The number of ether oxygens (including phenoxy) is 1. The van der Waals surface area contributed by atoms with Crippen molar-refractivity contribution in [2.45, 2.75) is 25.0 Å². The highest BCUT2D eigenvalue weighted by Crippen LogP contribution is 2.15. The fourth-order valence-corrected chi connectivity index (χ4v) is 2.12. The number of hydrogen-bond donors (Lipinski definition) is 1. The predicted octanol–water partition coefficient (Wildman–Crippen LogP) is 1.45. The zero-order chi connectivity index (χ0) is 13.1. The van der Waals surface area contributed by atoms with Crippen LogP contribution in [0, 0.1) is 11.6 Å². The van der Waals surface area contributed by atoms with Gasteiger partial charge in [0.25, 0.3) is 0 Å². The molecule has 5 heteroatoms. The molecule has 2 atom stereocenters. The SMILES string of the molecule is COC1CNC(C(=O)Cc2cc(F)ccc2F)C1. The maximum atomic E-state index is 13.4. The highest BCUT2D eigenvalue weighted by Gasteiger charge is 2.29. The lowest BCUT2D eigenvalue weighted by atomic mass is 10.0. The zero-order valence-electron chi connectivity index (χ0n) is 10.1. The molecular formula is C13H15F2NO2. The highest BCUT2D eigenvalue weighted by atomic mass is 19.1. The Balaban J connectivity index is 2.01. The van der Waals surface area contributed by atoms with E-state index in [1.54, 1.807) is 7.11 Å². The Bertz CT molecular complexity index is 451. The predicted molar refractivity (Wildman–Crippen MR) is 62.3 cm³/mol. The number of ketones is 1. The van der Waals surface area contributed by atoms with E-state index >= 15 is 0 Å². The molecule has 1 aromatic rings. The van der Waals surface area contributed by atoms with E-state index in [0.717, 1.165) is 18.2 Å². The maximum absolute atomic E-state index is 13.4. The van der Waals surface area contributed by atoms with Gasteiger partial charge in [-0.3, -0.25) is 4.79 Å². The quantitative estimate of drug-likeness (QED) is 0.885. The van der Waals surface area contributed by atoms with Crippen molar-refractivity contribution in [1.82, 2.24) is 5.32 Å². The number of nitrogens with one attached hydrogen (secondary N) is 1. The molecule has 0 spiro atoms. The standard InChI is InChI=1S/C13H15F2NO2/c1-18-10-6-12(16-7-10)13(17)5-8-4-9(14)2-3-11(8)15/h2-4,10,12,16H,5-7H2,1H3. The average Bonchev–Trinajstić information content (AvgIpc) is 2.82. The molecular weight excluding hydrogens is 240 g/mol. The Morgan fingerprint density at radius 2 is 2.28 bits per heavy atom. The number of carbonyl (C=O) groups is 1. The van der Waals surface area contributed by atoms with Crippen LogP contribution < -0.4 is 5.32 Å². The van der Waals surface area contributed by atoms with Crippen LogP contribution in [0.25, 0.3) is 0 Å². The summed E-state index contributed by atoms with van der Waals surface area (Å²) >= 11 is 0. The van der Waals surface area contributed by atoms with E-state index in [9.17, 15) is 13.6 Å². The van der Waals surface area contributed by atoms with Gasteiger partial charge in [-0.2, -0.15) is 0 Å². The first-order valence-electron chi connectivity index (χ1n) is 5.83. The molecule has 0 radical (unpaired) electrons. The van der Waals surface area contributed by atoms with Crippen molar-refractivity contribution in [3.8, 4) is 0 Å². The third-order valence-electron chi connectivity index (χ3n) is 3.18. The van der Waals surface area contributed by atoms with E-state index < -0.39 is 11.6 Å². The molecule has 1 aliphatic rings. The Morgan fingerprint density at radius 3 is 2.94 bits per heavy atom. The monoisotopic (exact) mass is 255 g/mol. The maximum Gasteiger partial charge on any atom is 0.154 e. The third-order valence-corrected chi connectivity index (χ3v) is 3.18. The fourth-order valence-electron chi connectivity index (χ4n) is 2.12. The van der Waals surface area contributed by atoms with Crippen molar-refractivity contribution in [3.63, 3.8) is 0 Å². The van der Waals surface area contributed by atoms with Gasteiger partial charge in [0.05, 0.1) is 12.1 Å². The molecule has 1 aliphatic heterocycles. The van der Waals surface area contributed by atoms with E-state index in [-0.39, 0.29) is 29.9 Å². The van der Waals surface area contributed by atoms with Crippen LogP contribution in [0.5, 0.6) is 0 Å². The number of benzene rings is 1. The molecule has 98 valence electrons. The van der Waals surface area contributed by atoms with Gasteiger partial charge in [-0.15, -0.1) is 0 Å². The number of carbonyl (C=O) groups excluding carboxylic acids is 1. The lowest BCUT2D eigenvalue weighted by Gasteiger charge is -2.09. The van der Waals surface area contributed by atoms with Crippen LogP contribution in [0.1, 0.15) is 12.0 Å². The summed E-state index contributed by atoms with van der Waals surface area (Å²) in [5, 5.41) is 3.02. The van der Waals surface area contributed by atoms with E-state index in [0.29, 0.717) is 13.0 Å². The van der Waals surface area contributed by atoms with Crippen molar-refractivity contribution in [2.75, 3.05) is 13.7 Å². The first kappa shape index (κ1) is 13.1. The van der Waals surface area contributed by atoms with Crippen LogP contribution in [0.3, 0.4) is 0 Å². The van der Waals surface area contributed by atoms with Gasteiger partial charge in [-0.05, 0) is 30.2 Å². The first-order valence-corrected chi connectivity index (χ1v) is 5.83. The Labute approximate surface area is 104 Å². The van der Waals surface area contributed by atoms with Crippen LogP contribution in [-0.2, 0) is 16.0 Å². The molecule has 1 heterocycles. The number of hydrogen-bond acceptors (Lipinski definition) is 3. The van der Waals surface area contributed by atoms with Gasteiger partial charge in [-0.25, -0.2) is 8.78 Å². The van der Waals surface area contributed by atoms with E-state index in [4.69, 9.17) is 4.74 Å². The van der Waals surface area contributed by atoms with Gasteiger partial charge in [0.15, 0.2) is 5.78 Å². The van der Waals surface area contributed by atoms with Crippen LogP contribution in [-0.4, -0.2) is 31.6 Å². The molecule has 0 amide bonds. The van der Waals surface area contributed by atoms with Gasteiger partial charge >= 0.3 is 0 Å². The summed E-state index contributed by atoms with van der Waals surface area (Å²) in [4.78, 5) is 11.9. The molecule has 3 nitrogen and oxygen atoms in total. The minimum absolute atomic E-state index is 0.0105. The number of Topliss-reactive ketones (excluding diaryl/α,β-unsaturated/α-hetero) is 1. The summed E-state index contributed by atoms with van der Waals surface area (Å²) in [6.45, 7) is 0.610. The Morgan fingerprint density at radius 1 is 1.50 bits per heavy atom. The second-order valence-corrected chi connectivity index (χ2v) is 4.43. The van der Waals surface area contributed by atoms with Gasteiger partial charge < -0.3 is 10.1 Å². The number of methoxy groups -OCH3 is 1. The molecule has 1 saturated heterocycles. The van der Waals surface area contributed by atoms with Crippen LogP contribution in [0.15, 0.2) is 18.2 Å². The van der Waals surface area contributed by atoms with Gasteiger partial charge in [-0.1, -0.05) is 0 Å². The van der Waals surface area contributed by atoms with E-state index in [2.05, 4.69) is 5.32 Å². The van der Waals surface area contributed by atoms with E-state index in [1.165, 1.54) is 0 Å². The van der Waals surface area contributed by atoms with Gasteiger partial charge in [0.1, 0.15) is 11.6 Å².